The highest BCUT2D eigenvalue weighted by Crippen LogP contribution is 2.76. The molecule has 29 atom stereocenters. The van der Waals surface area contributed by atoms with Gasteiger partial charge in [0, 0.05) is 0 Å². The highest BCUT2D eigenvalue weighted by molar-refractivity contribution is 5.19. The first-order chi connectivity index (χ1) is 35.6. The largest absolute Gasteiger partial charge is 0.394 e. The van der Waals surface area contributed by atoms with Gasteiger partial charge in [-0.15, -0.1) is 0 Å². The molecule has 4 saturated heterocycles. The molecule has 8 fully saturated rings. The van der Waals surface area contributed by atoms with Crippen LogP contribution in [0.2, 0.25) is 0 Å². The van der Waals surface area contributed by atoms with Gasteiger partial charge in [-0.05, 0) is 130 Å². The van der Waals surface area contributed by atoms with E-state index in [0.29, 0.717) is 25.2 Å². The van der Waals surface area contributed by atoms with E-state index >= 15 is 0 Å². The second-order valence-electron chi connectivity index (χ2n) is 25.6. The molecule has 22 heteroatoms. The summed E-state index contributed by atoms with van der Waals surface area (Å²) in [6.07, 6.45) is -21.2. The SMILES string of the molecule is CC(C)=CCCC(C)(O[C@@H]1OC(CO[C@@H]2O[C@H](CO)[C@@H](O)[C@H](O)[C@H]2O)[C@@H](O)[C@H](O)[C@H]1O)[C@H]1CC[C@]2(C)C1CCC1[C@@]3(C)CC[C@H](O[C@@H]4O[C@H](CO)[C@@H](O)[C@H](O)[C@H]4O[C@@H]4O[C@H](CO)[C@@H](O)[C@H](O)[C@H]4O)C(C)(C)C3CC[C@]12C. The first-order valence-corrected chi connectivity index (χ1v) is 27.8. The second kappa shape index (κ2) is 23.3. The minimum Gasteiger partial charge on any atom is -0.394 e. The predicted octanol–water partition coefficient (Wildman–Crippen LogP) is -1.17. The van der Waals surface area contributed by atoms with Gasteiger partial charge in [0.2, 0.25) is 0 Å². The van der Waals surface area contributed by atoms with Crippen LogP contribution in [-0.2, 0) is 37.9 Å². The molecule has 14 N–H and O–H groups in total. The van der Waals surface area contributed by atoms with Gasteiger partial charge in [0.25, 0.3) is 0 Å². The smallest absolute Gasteiger partial charge is 0.187 e. The molecule has 0 aromatic heterocycles. The Balaban J connectivity index is 0.992. The molecule has 0 radical (unpaired) electrons. The lowest BCUT2D eigenvalue weighted by Gasteiger charge is -2.70. The van der Waals surface area contributed by atoms with Crippen LogP contribution in [0.5, 0.6) is 0 Å². The van der Waals surface area contributed by atoms with E-state index in [1.807, 2.05) is 13.8 Å². The van der Waals surface area contributed by atoms with Crippen LogP contribution in [0.4, 0.5) is 0 Å². The molecule has 4 saturated carbocycles. The fraction of sp³-hybridized carbons (Fsp3) is 0.963. The van der Waals surface area contributed by atoms with Crippen molar-refractivity contribution in [1.29, 1.82) is 0 Å². The number of aliphatic hydroxyl groups excluding tert-OH is 14. The Morgan fingerprint density at radius 1 is 0.526 bits per heavy atom. The van der Waals surface area contributed by atoms with Crippen LogP contribution >= 0.6 is 0 Å². The summed E-state index contributed by atoms with van der Waals surface area (Å²) in [7, 11) is 0. The van der Waals surface area contributed by atoms with Crippen molar-refractivity contribution in [2.45, 2.75) is 254 Å². The molecule has 0 amide bonds. The van der Waals surface area contributed by atoms with Crippen LogP contribution in [0.25, 0.3) is 0 Å². The van der Waals surface area contributed by atoms with Gasteiger partial charge >= 0.3 is 0 Å². The number of aliphatic hydroxyl groups is 14. The topological polar surface area (TPSA) is 357 Å². The molecule has 0 aromatic rings. The minimum atomic E-state index is -1.79. The van der Waals surface area contributed by atoms with Gasteiger partial charge in [-0.2, -0.15) is 0 Å². The number of rotatable bonds is 16. The molecule has 0 spiro atoms. The molecule has 440 valence electrons. The molecule has 4 aliphatic heterocycles. The Morgan fingerprint density at radius 3 is 1.63 bits per heavy atom. The molecular weight excluding hydrogens is 1000 g/mol. The third-order valence-electron chi connectivity index (χ3n) is 20.9. The molecular formula is C54H92O22. The summed E-state index contributed by atoms with van der Waals surface area (Å²) in [6.45, 7) is 15.3. The van der Waals surface area contributed by atoms with E-state index in [1.54, 1.807) is 0 Å². The fourth-order valence-electron chi connectivity index (χ4n) is 16.3. The van der Waals surface area contributed by atoms with Crippen molar-refractivity contribution in [1.82, 2.24) is 0 Å². The fourth-order valence-corrected chi connectivity index (χ4v) is 16.3. The molecule has 4 heterocycles. The summed E-state index contributed by atoms with van der Waals surface area (Å²) >= 11 is 0. The van der Waals surface area contributed by atoms with Crippen molar-refractivity contribution < 1.29 is 109 Å². The summed E-state index contributed by atoms with van der Waals surface area (Å²) in [4.78, 5) is 0. The van der Waals surface area contributed by atoms with Crippen LogP contribution in [0.1, 0.15) is 120 Å². The lowest BCUT2D eigenvalue weighted by atomic mass is 9.35. The monoisotopic (exact) mass is 1090 g/mol. The van der Waals surface area contributed by atoms with Crippen molar-refractivity contribution in [3.63, 3.8) is 0 Å². The molecule has 22 nitrogen and oxygen atoms in total. The normalized spacial score (nSPS) is 52.2. The average molecular weight is 1090 g/mol. The van der Waals surface area contributed by atoms with Crippen LogP contribution < -0.4 is 0 Å². The summed E-state index contributed by atoms with van der Waals surface area (Å²) in [5.74, 6) is 0.671. The Morgan fingerprint density at radius 2 is 1.04 bits per heavy atom. The minimum absolute atomic E-state index is 0.000746. The zero-order chi connectivity index (χ0) is 55.8. The van der Waals surface area contributed by atoms with Gasteiger partial charge < -0.3 is 109 Å². The summed E-state index contributed by atoms with van der Waals surface area (Å²) in [6, 6.07) is 0. The van der Waals surface area contributed by atoms with Gasteiger partial charge in [0.1, 0.15) is 97.7 Å². The molecule has 8 rings (SSSR count). The number of fused-ring (bicyclic) bond motifs is 5. The van der Waals surface area contributed by atoms with Gasteiger partial charge in [-0.1, -0.05) is 46.3 Å². The molecule has 76 heavy (non-hydrogen) atoms. The third-order valence-corrected chi connectivity index (χ3v) is 20.9. The van der Waals surface area contributed by atoms with Crippen molar-refractivity contribution in [3.8, 4) is 0 Å². The number of ether oxygens (including phenoxy) is 8. The molecule has 0 bridgehead atoms. The van der Waals surface area contributed by atoms with Crippen LogP contribution in [0.15, 0.2) is 11.6 Å². The summed E-state index contributed by atoms with van der Waals surface area (Å²) in [5.41, 5.74) is -0.631. The zero-order valence-electron chi connectivity index (χ0n) is 45.4. The molecule has 4 aliphatic carbocycles. The number of allylic oxidation sites excluding steroid dienone is 2. The van der Waals surface area contributed by atoms with E-state index < -0.39 is 166 Å². The lowest BCUT2D eigenvalue weighted by Crippen LogP contribution is -2.67. The van der Waals surface area contributed by atoms with E-state index in [4.69, 9.17) is 37.9 Å². The van der Waals surface area contributed by atoms with Crippen LogP contribution in [-0.4, -0.2) is 232 Å². The predicted molar refractivity (Wildman–Crippen MR) is 265 cm³/mol. The Kier molecular flexibility index (Phi) is 18.6. The highest BCUT2D eigenvalue weighted by atomic mass is 16.8. The first-order valence-electron chi connectivity index (χ1n) is 27.8. The summed E-state index contributed by atoms with van der Waals surface area (Å²) in [5, 5.41) is 149. The van der Waals surface area contributed by atoms with Crippen molar-refractivity contribution in [2.24, 2.45) is 45.3 Å². The molecule has 0 aromatic carbocycles. The maximum Gasteiger partial charge on any atom is 0.187 e. The number of hydrogen-bond acceptors (Lipinski definition) is 22. The van der Waals surface area contributed by atoms with Crippen LogP contribution in [0, 0.1) is 45.3 Å². The molecule has 5 unspecified atom stereocenters. The lowest BCUT2D eigenvalue weighted by molar-refractivity contribution is -0.378. The van der Waals surface area contributed by atoms with Crippen molar-refractivity contribution in [2.75, 3.05) is 26.4 Å². The number of hydrogen-bond donors (Lipinski definition) is 14. The standard InChI is InChI=1S/C54H92O22/c1-24(2)10-9-16-54(8,76-48-44(68)40(64)37(61)30(73-48)23-69-46-42(66)38(62)34(58)27(20-55)70-46)26-13-18-52(6)25(26)11-12-32-51(5)17-15-33(50(3,4)31(51)14-19-53(32,52)7)74-49-45(41(65)36(60)29(22-57)72-49)75-47-43(67)39(63)35(59)28(21-56)71-47/h10,25-49,55-68H,9,11-23H2,1-8H3/t25?,26-,27+,28+,29+,30?,31?,32?,33-,34+,35+,36+,37+,38-,39-,40-,41-,42+,43+,44+,45+,46+,47-,48-,49-,51-,52+,53+,54?/m0/s1. The van der Waals surface area contributed by atoms with E-state index in [0.717, 1.165) is 50.5 Å². The van der Waals surface area contributed by atoms with Gasteiger partial charge in [-0.25, -0.2) is 0 Å². The van der Waals surface area contributed by atoms with E-state index in [1.165, 1.54) is 0 Å². The Labute approximate surface area is 445 Å². The van der Waals surface area contributed by atoms with Gasteiger partial charge in [0.15, 0.2) is 25.2 Å². The third kappa shape index (κ3) is 10.7. The first kappa shape index (κ1) is 60.9. The van der Waals surface area contributed by atoms with Gasteiger partial charge in [-0.3, -0.25) is 0 Å². The summed E-state index contributed by atoms with van der Waals surface area (Å²) < 4.78 is 49.1. The zero-order valence-corrected chi connectivity index (χ0v) is 45.4. The van der Waals surface area contributed by atoms with E-state index in [-0.39, 0.29) is 34.0 Å². The quantitative estimate of drug-likeness (QED) is 0.0639. The molecule has 8 aliphatic rings. The van der Waals surface area contributed by atoms with Gasteiger partial charge in [0.05, 0.1) is 38.1 Å². The maximum atomic E-state index is 11.5. The average Bonchev–Trinajstić information content (AvgIpc) is 3.91. The second-order valence-corrected chi connectivity index (χ2v) is 25.6. The van der Waals surface area contributed by atoms with Crippen molar-refractivity contribution in [3.05, 3.63) is 11.6 Å². The van der Waals surface area contributed by atoms with Crippen molar-refractivity contribution >= 4 is 0 Å². The Bertz CT molecular complexity index is 1960. The van der Waals surface area contributed by atoms with E-state index in [2.05, 4.69) is 47.6 Å². The Hall–Kier alpha value is -1.14. The maximum absolute atomic E-state index is 11.5. The van der Waals surface area contributed by atoms with Crippen LogP contribution in [0.3, 0.4) is 0 Å². The van der Waals surface area contributed by atoms with E-state index in [9.17, 15) is 71.5 Å². The highest BCUT2D eigenvalue weighted by Gasteiger charge is 2.70.